The molecule has 0 aliphatic rings. The summed E-state index contributed by atoms with van der Waals surface area (Å²) < 4.78 is 4.85. The molecule has 0 saturated carbocycles. The first kappa shape index (κ1) is 74.7. The smallest absolute Gasteiger partial charge is 0.336 e. The third kappa shape index (κ3) is 40.5. The Hall–Kier alpha value is -6.33. The number of ether oxygens (including phenoxy) is 1. The summed E-state index contributed by atoms with van der Waals surface area (Å²) in [5.41, 5.74) is 11.3. The van der Waals surface area contributed by atoms with Crippen LogP contribution in [0.3, 0.4) is 0 Å². The lowest BCUT2D eigenvalue weighted by Crippen LogP contribution is -2.21. The van der Waals surface area contributed by atoms with Crippen LogP contribution in [0.25, 0.3) is 0 Å². The molecule has 440 valence electrons. The molecular weight excluding hydrogens is 993 g/mol. The number of unbranched alkanes of at least 4 members (excludes halogenated alkanes) is 4. The first-order chi connectivity index (χ1) is 37.3. The van der Waals surface area contributed by atoms with Crippen LogP contribution in [0.5, 0.6) is 0 Å². The highest BCUT2D eigenvalue weighted by Gasteiger charge is 2.20. The Kier molecular flexibility index (Phi) is 43.1. The maximum Gasteiger partial charge on any atom is 0.336 e. The summed E-state index contributed by atoms with van der Waals surface area (Å²) in [7, 11) is 1.42. The third-order valence-corrected chi connectivity index (χ3v) is 12.8. The average molecular weight is 1100 g/mol. The fourth-order valence-corrected chi connectivity index (χ4v) is 7.92. The lowest BCUT2D eigenvalue weighted by Gasteiger charge is -2.11. The number of hydrogen-bond acceptors (Lipinski definition) is 6. The molecule has 11 nitrogen and oxygen atoms in total. The molecule has 3 atom stereocenters. The molecule has 0 bridgehead atoms. The summed E-state index contributed by atoms with van der Waals surface area (Å²) in [6, 6.07) is 14.0. The van der Waals surface area contributed by atoms with Crippen molar-refractivity contribution in [2.24, 2.45) is 5.92 Å². The zero-order valence-electron chi connectivity index (χ0n) is 50.9. The third-order valence-electron chi connectivity index (χ3n) is 12.8. The highest BCUT2D eigenvalue weighted by molar-refractivity contribution is 6.02. The Morgan fingerprint density at radius 1 is 0.468 bits per heavy atom. The fourth-order valence-electron chi connectivity index (χ4n) is 7.92. The van der Waals surface area contributed by atoms with Crippen LogP contribution in [0, 0.1) is 5.92 Å². The van der Waals surface area contributed by atoms with Gasteiger partial charge in [0.05, 0.1) is 23.0 Å². The van der Waals surface area contributed by atoms with E-state index in [0.29, 0.717) is 31.2 Å². The van der Waals surface area contributed by atoms with Crippen molar-refractivity contribution in [3.8, 4) is 0 Å². The number of carboxylic acid groups (broad SMARTS) is 5. The summed E-state index contributed by atoms with van der Waals surface area (Å²) in [5, 5.41) is 45.8. The van der Waals surface area contributed by atoms with Crippen molar-refractivity contribution < 1.29 is 54.2 Å². The minimum Gasteiger partial charge on any atom is -0.481 e. The average Bonchev–Trinajstić information content (AvgIpc) is 3.36. The molecule has 0 saturated heterocycles. The Morgan fingerprint density at radius 2 is 0.911 bits per heavy atom. The summed E-state index contributed by atoms with van der Waals surface area (Å²) >= 11 is 0. The van der Waals surface area contributed by atoms with Gasteiger partial charge in [-0.2, -0.15) is 0 Å². The van der Waals surface area contributed by atoms with E-state index in [1.54, 1.807) is 12.1 Å². The van der Waals surface area contributed by atoms with E-state index >= 15 is 0 Å². The van der Waals surface area contributed by atoms with Crippen molar-refractivity contribution in [2.75, 3.05) is 7.11 Å². The molecule has 5 N–H and O–H groups in total. The molecule has 11 heteroatoms. The van der Waals surface area contributed by atoms with E-state index in [0.717, 1.165) is 75.3 Å². The lowest BCUT2D eigenvalue weighted by molar-refractivity contribution is -0.148. The van der Waals surface area contributed by atoms with E-state index in [-0.39, 0.29) is 17.0 Å². The van der Waals surface area contributed by atoms with Crippen molar-refractivity contribution in [1.29, 1.82) is 0 Å². The second-order valence-corrected chi connectivity index (χ2v) is 21.4. The Balaban J connectivity index is 0. The van der Waals surface area contributed by atoms with Crippen LogP contribution in [0.2, 0.25) is 0 Å². The molecule has 0 aliphatic heterocycles. The van der Waals surface area contributed by atoms with Crippen molar-refractivity contribution in [1.82, 2.24) is 0 Å². The Morgan fingerprint density at radius 3 is 1.30 bits per heavy atom. The van der Waals surface area contributed by atoms with Crippen LogP contribution < -0.4 is 0 Å². The lowest BCUT2D eigenvalue weighted by atomic mass is 9.94. The molecule has 0 spiro atoms. The maximum absolute atomic E-state index is 11.4. The number of aliphatic carboxylic acids is 3. The zero-order chi connectivity index (χ0) is 60.3. The van der Waals surface area contributed by atoms with Gasteiger partial charge >= 0.3 is 29.8 Å². The summed E-state index contributed by atoms with van der Waals surface area (Å²) in [4.78, 5) is 55.8. The molecular formula is C68H102O11. The predicted molar refractivity (Wildman–Crippen MR) is 327 cm³/mol. The largest absolute Gasteiger partial charge is 0.481 e. The second kappa shape index (κ2) is 45.5. The minimum absolute atomic E-state index is 0.122. The van der Waals surface area contributed by atoms with Gasteiger partial charge in [0.1, 0.15) is 0 Å². The van der Waals surface area contributed by atoms with Crippen LogP contribution >= 0.6 is 0 Å². The standard InChI is InChI=1S/C19H34O2.C18H22O4.C18H24O2.C13H22O3/c1-5-6-7-8-9-13-18(19(20)21)15-14-17(4)12-10-11-16(2)3;1-12(2)6-4-7-13(3)10-11-14-8-5-9-15(17(19)20)16(14)18(21)22;1-14(2)8-7-9-15(3)12-13-17(18(19)20)16-10-5-4-6-11-16;1-10(2)6-5-7-11(3)8-9-12(16-4)13(14)15/h11,14,18H,5-10,12-13,15H2,1-4H3,(H,20,21);5-6,8-10H,4,7,11H2,1-3H3,(H,19,20)(H,21,22);4-6,8,10-12,17H,7,9,13H2,1-3H3,(H,19,20);6,8,12H,5,7,9H2,1-4H3,(H,14,15)/b17-14+;13-10+;15-12+;11-8+. The zero-order valence-corrected chi connectivity index (χ0v) is 50.9. The van der Waals surface area contributed by atoms with Gasteiger partial charge in [-0.15, -0.1) is 0 Å². The number of allylic oxidation sites excluding steroid dienone is 15. The SMILES string of the molecule is CC(C)=CCC/C(C)=C/CC(C(=O)O)c1ccccc1.CC(C)=CCC/C(C)=C/Cc1cccc(C(=O)O)c1C(=O)O.CCCCCCCC(C/C=C(\C)CCC=C(C)C)C(=O)O.COC(C/C=C(\C)CCC=C(C)C)C(=O)O. The van der Waals surface area contributed by atoms with Gasteiger partial charge in [0.25, 0.3) is 0 Å². The molecule has 0 amide bonds. The first-order valence-corrected chi connectivity index (χ1v) is 28.3. The number of rotatable bonds is 33. The van der Waals surface area contributed by atoms with Crippen LogP contribution in [-0.4, -0.2) is 68.6 Å². The number of carboxylic acids is 5. The van der Waals surface area contributed by atoms with E-state index < -0.39 is 41.9 Å². The Labute approximate surface area is 476 Å². The molecule has 2 aromatic rings. The molecule has 0 aliphatic carbocycles. The molecule has 3 unspecified atom stereocenters. The maximum atomic E-state index is 11.4. The van der Waals surface area contributed by atoms with Gasteiger partial charge in [-0.05, 0) is 177 Å². The van der Waals surface area contributed by atoms with Gasteiger partial charge in [0.15, 0.2) is 6.10 Å². The quantitative estimate of drug-likeness (QED) is 0.0337. The number of benzene rings is 2. The van der Waals surface area contributed by atoms with Crippen molar-refractivity contribution in [3.05, 3.63) is 164 Å². The van der Waals surface area contributed by atoms with Crippen molar-refractivity contribution >= 4 is 29.8 Å². The van der Waals surface area contributed by atoms with Crippen molar-refractivity contribution in [2.45, 2.75) is 218 Å². The molecule has 79 heavy (non-hydrogen) atoms. The number of carbonyl (C=O) groups is 5. The first-order valence-electron chi connectivity index (χ1n) is 28.3. The van der Waals surface area contributed by atoms with Crippen LogP contribution in [0.15, 0.2) is 142 Å². The molecule has 2 aromatic carbocycles. The number of aromatic carboxylic acids is 2. The summed E-state index contributed by atoms with van der Waals surface area (Å²) in [6.45, 7) is 27.1. The molecule has 0 aromatic heterocycles. The van der Waals surface area contributed by atoms with E-state index in [1.807, 2.05) is 56.3 Å². The van der Waals surface area contributed by atoms with Crippen molar-refractivity contribution in [3.63, 3.8) is 0 Å². The molecule has 0 radical (unpaired) electrons. The van der Waals surface area contributed by atoms with Gasteiger partial charge < -0.3 is 30.3 Å². The van der Waals surface area contributed by atoms with Gasteiger partial charge in [-0.25, -0.2) is 14.4 Å². The minimum atomic E-state index is -1.22. The topological polar surface area (TPSA) is 196 Å². The normalized spacial score (nSPS) is 12.5. The number of methoxy groups -OCH3 is 1. The van der Waals surface area contributed by atoms with E-state index in [4.69, 9.17) is 14.9 Å². The highest BCUT2D eigenvalue weighted by atomic mass is 16.5. The predicted octanol–water partition coefficient (Wildman–Crippen LogP) is 18.6. The fraction of sp³-hybridized carbons (Fsp3) is 0.515. The second-order valence-electron chi connectivity index (χ2n) is 21.4. The van der Waals surface area contributed by atoms with Crippen LogP contribution in [-0.2, 0) is 25.5 Å². The number of hydrogen-bond donors (Lipinski definition) is 5. The summed E-state index contributed by atoms with van der Waals surface area (Å²) in [6.07, 6.45) is 33.0. The van der Waals surface area contributed by atoms with Gasteiger partial charge in [0, 0.05) is 13.5 Å². The van der Waals surface area contributed by atoms with Gasteiger partial charge in [0.2, 0.25) is 0 Å². The van der Waals surface area contributed by atoms with Gasteiger partial charge in [-0.1, -0.05) is 175 Å². The Bertz CT molecular complexity index is 2360. The highest BCUT2D eigenvalue weighted by Crippen LogP contribution is 2.23. The van der Waals surface area contributed by atoms with Gasteiger partial charge in [-0.3, -0.25) is 9.59 Å². The molecule has 2 rings (SSSR count). The van der Waals surface area contributed by atoms with E-state index in [1.165, 1.54) is 77.9 Å². The summed E-state index contributed by atoms with van der Waals surface area (Å²) in [5.74, 6) is -5.38. The van der Waals surface area contributed by atoms with Crippen LogP contribution in [0.4, 0.5) is 0 Å². The van der Waals surface area contributed by atoms with Crippen LogP contribution in [0.1, 0.15) is 237 Å². The van der Waals surface area contributed by atoms with E-state index in [2.05, 4.69) is 113 Å². The molecule has 0 fully saturated rings. The molecule has 0 heterocycles. The van der Waals surface area contributed by atoms with E-state index in [9.17, 15) is 39.3 Å². The monoisotopic (exact) mass is 1090 g/mol.